The SMILES string of the molecule is CCCc1ccc(OCC(=O)Nc2nnc(SCC)s2)cc1. The minimum atomic E-state index is -0.234. The average molecular weight is 337 g/mol. The number of aromatic nitrogens is 2. The molecule has 0 unspecified atom stereocenters. The van der Waals surface area contributed by atoms with Gasteiger partial charge < -0.3 is 4.74 Å². The molecule has 0 radical (unpaired) electrons. The van der Waals surface area contributed by atoms with Crippen LogP contribution in [0.15, 0.2) is 28.6 Å². The minimum absolute atomic E-state index is 0.0387. The molecule has 1 heterocycles. The lowest BCUT2D eigenvalue weighted by molar-refractivity contribution is -0.118. The number of anilines is 1. The minimum Gasteiger partial charge on any atom is -0.484 e. The van der Waals surface area contributed by atoms with Gasteiger partial charge in [-0.3, -0.25) is 10.1 Å². The number of amides is 1. The Morgan fingerprint density at radius 2 is 2.05 bits per heavy atom. The summed E-state index contributed by atoms with van der Waals surface area (Å²) in [5.74, 6) is 1.39. The summed E-state index contributed by atoms with van der Waals surface area (Å²) in [5, 5.41) is 11.1. The first-order valence-electron chi connectivity index (χ1n) is 7.19. The topological polar surface area (TPSA) is 64.1 Å². The average Bonchev–Trinajstić information content (AvgIpc) is 2.94. The van der Waals surface area contributed by atoms with Crippen LogP contribution < -0.4 is 10.1 Å². The lowest BCUT2D eigenvalue weighted by Crippen LogP contribution is -2.20. The summed E-state index contributed by atoms with van der Waals surface area (Å²) in [5.41, 5.74) is 1.27. The molecule has 118 valence electrons. The Kier molecular flexibility index (Phi) is 6.67. The number of rotatable bonds is 8. The first kappa shape index (κ1) is 16.8. The summed E-state index contributed by atoms with van der Waals surface area (Å²) in [6.45, 7) is 4.15. The van der Waals surface area contributed by atoms with Crippen LogP contribution in [0.2, 0.25) is 0 Å². The van der Waals surface area contributed by atoms with Crippen LogP contribution >= 0.6 is 23.1 Å². The molecule has 0 atom stereocenters. The number of carbonyl (C=O) groups is 1. The molecular formula is C15H19N3O2S2. The summed E-state index contributed by atoms with van der Waals surface area (Å²) < 4.78 is 6.32. The molecule has 0 aliphatic heterocycles. The Bertz CT molecular complexity index is 599. The van der Waals surface area contributed by atoms with E-state index in [1.54, 1.807) is 11.8 Å². The van der Waals surface area contributed by atoms with Crippen LogP contribution in [0.4, 0.5) is 5.13 Å². The molecule has 0 fully saturated rings. The summed E-state index contributed by atoms with van der Waals surface area (Å²) >= 11 is 2.97. The van der Waals surface area contributed by atoms with E-state index in [-0.39, 0.29) is 12.5 Å². The van der Waals surface area contributed by atoms with Gasteiger partial charge in [-0.2, -0.15) is 0 Å². The summed E-state index contributed by atoms with van der Waals surface area (Å²) in [6.07, 6.45) is 2.17. The molecule has 0 aliphatic rings. The fourth-order valence-corrected chi connectivity index (χ4v) is 3.45. The maximum absolute atomic E-state index is 11.8. The van der Waals surface area contributed by atoms with Gasteiger partial charge in [-0.05, 0) is 29.9 Å². The second-order valence-electron chi connectivity index (χ2n) is 4.54. The van der Waals surface area contributed by atoms with Gasteiger partial charge in [0.1, 0.15) is 5.75 Å². The molecule has 0 saturated carbocycles. The maximum atomic E-state index is 11.8. The van der Waals surface area contributed by atoms with E-state index in [0.717, 1.165) is 22.9 Å². The van der Waals surface area contributed by atoms with Gasteiger partial charge in [-0.1, -0.05) is 55.5 Å². The molecule has 2 aromatic rings. The van der Waals surface area contributed by atoms with Gasteiger partial charge >= 0.3 is 0 Å². The van der Waals surface area contributed by atoms with E-state index >= 15 is 0 Å². The van der Waals surface area contributed by atoms with Gasteiger partial charge in [0, 0.05) is 0 Å². The Labute approximate surface area is 138 Å². The first-order chi connectivity index (χ1) is 10.7. The highest BCUT2D eigenvalue weighted by molar-refractivity contribution is 8.01. The van der Waals surface area contributed by atoms with E-state index in [2.05, 4.69) is 22.4 Å². The third-order valence-corrected chi connectivity index (χ3v) is 4.61. The number of ether oxygens (including phenoxy) is 1. The first-order valence-corrected chi connectivity index (χ1v) is 8.99. The molecule has 7 heteroatoms. The number of nitrogens with zero attached hydrogens (tertiary/aromatic N) is 2. The molecule has 1 amide bonds. The second kappa shape index (κ2) is 8.75. The van der Waals surface area contributed by atoms with E-state index in [1.807, 2.05) is 31.2 Å². The van der Waals surface area contributed by atoms with Crippen molar-refractivity contribution in [3.8, 4) is 5.75 Å². The molecule has 2 rings (SSSR count). The summed E-state index contributed by atoms with van der Waals surface area (Å²) in [4.78, 5) is 11.8. The molecule has 1 aromatic carbocycles. The van der Waals surface area contributed by atoms with Crippen molar-refractivity contribution in [2.75, 3.05) is 17.7 Å². The van der Waals surface area contributed by atoms with E-state index in [1.165, 1.54) is 16.9 Å². The van der Waals surface area contributed by atoms with E-state index in [9.17, 15) is 4.79 Å². The van der Waals surface area contributed by atoms with E-state index in [4.69, 9.17) is 4.74 Å². The summed E-state index contributed by atoms with van der Waals surface area (Å²) in [6, 6.07) is 7.82. The third-order valence-electron chi connectivity index (χ3n) is 2.75. The predicted molar refractivity (Wildman–Crippen MR) is 90.9 cm³/mol. The number of thioether (sulfide) groups is 1. The lowest BCUT2D eigenvalue weighted by Gasteiger charge is -2.06. The Morgan fingerprint density at radius 1 is 1.27 bits per heavy atom. The molecule has 0 saturated heterocycles. The van der Waals surface area contributed by atoms with Crippen LogP contribution in [0.25, 0.3) is 0 Å². The van der Waals surface area contributed by atoms with Gasteiger partial charge in [0.25, 0.3) is 5.91 Å². The van der Waals surface area contributed by atoms with Crippen molar-refractivity contribution in [2.24, 2.45) is 0 Å². The molecule has 0 spiro atoms. The number of benzene rings is 1. The third kappa shape index (κ3) is 5.31. The van der Waals surface area contributed by atoms with Gasteiger partial charge in [0.15, 0.2) is 10.9 Å². The van der Waals surface area contributed by atoms with Crippen molar-refractivity contribution in [3.63, 3.8) is 0 Å². The molecule has 0 bridgehead atoms. The smallest absolute Gasteiger partial charge is 0.264 e. The fraction of sp³-hybridized carbons (Fsp3) is 0.400. The molecular weight excluding hydrogens is 318 g/mol. The van der Waals surface area contributed by atoms with Gasteiger partial charge in [0.05, 0.1) is 0 Å². The van der Waals surface area contributed by atoms with Gasteiger partial charge in [-0.25, -0.2) is 0 Å². The Balaban J connectivity index is 1.79. The molecule has 1 N–H and O–H groups in total. The van der Waals surface area contributed by atoms with E-state index in [0.29, 0.717) is 10.9 Å². The number of aryl methyl sites for hydroxylation is 1. The highest BCUT2D eigenvalue weighted by Crippen LogP contribution is 2.24. The Hall–Kier alpha value is -1.60. The molecule has 5 nitrogen and oxygen atoms in total. The van der Waals surface area contributed by atoms with Crippen LogP contribution in [0.3, 0.4) is 0 Å². The lowest BCUT2D eigenvalue weighted by atomic mass is 10.1. The van der Waals surface area contributed by atoms with Crippen molar-refractivity contribution < 1.29 is 9.53 Å². The van der Waals surface area contributed by atoms with Crippen molar-refractivity contribution >= 4 is 34.1 Å². The zero-order valence-corrected chi connectivity index (χ0v) is 14.3. The van der Waals surface area contributed by atoms with Crippen molar-refractivity contribution in [1.82, 2.24) is 10.2 Å². The zero-order valence-electron chi connectivity index (χ0n) is 12.7. The Morgan fingerprint density at radius 3 is 2.73 bits per heavy atom. The maximum Gasteiger partial charge on any atom is 0.264 e. The van der Waals surface area contributed by atoms with Crippen molar-refractivity contribution in [1.29, 1.82) is 0 Å². The van der Waals surface area contributed by atoms with E-state index < -0.39 is 0 Å². The normalized spacial score (nSPS) is 10.5. The van der Waals surface area contributed by atoms with Gasteiger partial charge in [-0.15, -0.1) is 10.2 Å². The van der Waals surface area contributed by atoms with Crippen LogP contribution in [0.1, 0.15) is 25.8 Å². The van der Waals surface area contributed by atoms with Crippen molar-refractivity contribution in [3.05, 3.63) is 29.8 Å². The number of nitrogens with one attached hydrogen (secondary N) is 1. The monoisotopic (exact) mass is 337 g/mol. The summed E-state index contributed by atoms with van der Waals surface area (Å²) in [7, 11) is 0. The number of carbonyl (C=O) groups excluding carboxylic acids is 1. The second-order valence-corrected chi connectivity index (χ2v) is 7.03. The number of hydrogen-bond acceptors (Lipinski definition) is 6. The zero-order chi connectivity index (χ0) is 15.8. The van der Waals surface area contributed by atoms with Crippen LogP contribution in [0.5, 0.6) is 5.75 Å². The predicted octanol–water partition coefficient (Wildman–Crippen LogP) is 3.62. The quantitative estimate of drug-likeness (QED) is 0.589. The molecule has 0 aliphatic carbocycles. The van der Waals surface area contributed by atoms with Crippen molar-refractivity contribution in [2.45, 2.75) is 31.0 Å². The molecule has 1 aromatic heterocycles. The highest BCUT2D eigenvalue weighted by Gasteiger charge is 2.09. The fourth-order valence-electron chi connectivity index (χ4n) is 1.79. The standard InChI is InChI=1S/C15H19N3O2S2/c1-3-5-11-6-8-12(9-7-11)20-10-13(19)16-14-17-18-15(22-14)21-4-2/h6-9H,3-5,10H2,1-2H3,(H,16,17,19). The van der Waals surface area contributed by atoms with Crippen LogP contribution in [-0.2, 0) is 11.2 Å². The largest absolute Gasteiger partial charge is 0.484 e. The number of hydrogen-bond donors (Lipinski definition) is 1. The van der Waals surface area contributed by atoms with Gasteiger partial charge in [0.2, 0.25) is 5.13 Å². The highest BCUT2D eigenvalue weighted by atomic mass is 32.2. The molecule has 22 heavy (non-hydrogen) atoms. The van der Waals surface area contributed by atoms with Crippen LogP contribution in [0, 0.1) is 0 Å². The van der Waals surface area contributed by atoms with Crippen LogP contribution in [-0.4, -0.2) is 28.5 Å².